The molecule has 0 bridgehead atoms. The monoisotopic (exact) mass is 231 g/mol. The number of aryl methyl sites for hydroxylation is 2. The number of rotatable bonds is 5. The highest BCUT2D eigenvalue weighted by molar-refractivity contribution is 5.26. The molecule has 90 valence electrons. The van der Waals surface area contributed by atoms with E-state index in [-0.39, 0.29) is 0 Å². The van der Waals surface area contributed by atoms with E-state index in [1.165, 1.54) is 11.1 Å². The Bertz CT molecular complexity index is 479. The minimum atomic E-state index is 0.607. The maximum Gasteiger partial charge on any atom is 0.230 e. The van der Waals surface area contributed by atoms with Crippen molar-refractivity contribution in [3.8, 4) is 0 Å². The first-order valence-corrected chi connectivity index (χ1v) is 5.86. The van der Waals surface area contributed by atoms with E-state index in [9.17, 15) is 0 Å². The van der Waals surface area contributed by atoms with Gasteiger partial charge in [0.2, 0.25) is 11.8 Å². The summed E-state index contributed by atoms with van der Waals surface area (Å²) in [6, 6.07) is 8.44. The van der Waals surface area contributed by atoms with Crippen molar-refractivity contribution in [3.63, 3.8) is 0 Å². The third-order valence-corrected chi connectivity index (χ3v) is 2.66. The molecule has 0 unspecified atom stereocenters. The highest BCUT2D eigenvalue weighted by atomic mass is 16.4. The summed E-state index contributed by atoms with van der Waals surface area (Å²) in [7, 11) is 0. The number of nitrogens with zero attached hydrogens (tertiary/aromatic N) is 2. The van der Waals surface area contributed by atoms with Crippen LogP contribution in [-0.2, 0) is 19.5 Å². The summed E-state index contributed by atoms with van der Waals surface area (Å²) in [6.45, 7) is 5.40. The predicted molar refractivity (Wildman–Crippen MR) is 65.4 cm³/mol. The van der Waals surface area contributed by atoms with Gasteiger partial charge < -0.3 is 9.73 Å². The maximum atomic E-state index is 5.29. The van der Waals surface area contributed by atoms with E-state index in [1.54, 1.807) is 6.92 Å². The zero-order valence-electron chi connectivity index (χ0n) is 10.2. The lowest BCUT2D eigenvalue weighted by Gasteiger charge is -2.07. The summed E-state index contributed by atoms with van der Waals surface area (Å²) in [5, 5.41) is 11.0. The topological polar surface area (TPSA) is 51.0 Å². The van der Waals surface area contributed by atoms with Crippen LogP contribution in [0.25, 0.3) is 0 Å². The van der Waals surface area contributed by atoms with Crippen molar-refractivity contribution in [1.82, 2.24) is 15.5 Å². The SMILES string of the molecule is CCc1ccccc1CNCc1nnc(C)o1. The van der Waals surface area contributed by atoms with Crippen molar-refractivity contribution >= 4 is 0 Å². The van der Waals surface area contributed by atoms with Crippen LogP contribution in [0.3, 0.4) is 0 Å². The fraction of sp³-hybridized carbons (Fsp3) is 0.385. The quantitative estimate of drug-likeness (QED) is 0.857. The predicted octanol–water partition coefficient (Wildman–Crippen LogP) is 2.23. The standard InChI is InChI=1S/C13H17N3O/c1-3-11-6-4-5-7-12(11)8-14-9-13-16-15-10(2)17-13/h4-7,14H,3,8-9H2,1-2H3. The summed E-state index contributed by atoms with van der Waals surface area (Å²) < 4.78 is 5.29. The van der Waals surface area contributed by atoms with E-state index >= 15 is 0 Å². The number of hydrogen-bond acceptors (Lipinski definition) is 4. The second-order valence-corrected chi connectivity index (χ2v) is 3.94. The van der Waals surface area contributed by atoms with Gasteiger partial charge in [0.1, 0.15) is 0 Å². The molecule has 1 aromatic heterocycles. The highest BCUT2D eigenvalue weighted by Gasteiger charge is 2.03. The first-order chi connectivity index (χ1) is 8.29. The van der Waals surface area contributed by atoms with Gasteiger partial charge in [-0.05, 0) is 17.5 Å². The molecule has 17 heavy (non-hydrogen) atoms. The first kappa shape index (κ1) is 11.8. The van der Waals surface area contributed by atoms with Gasteiger partial charge in [-0.1, -0.05) is 31.2 Å². The molecule has 0 saturated heterocycles. The second-order valence-electron chi connectivity index (χ2n) is 3.94. The molecule has 0 amide bonds. The molecule has 2 rings (SSSR count). The zero-order chi connectivity index (χ0) is 12.1. The minimum absolute atomic E-state index is 0.607. The summed E-state index contributed by atoms with van der Waals surface area (Å²) in [6.07, 6.45) is 1.05. The Morgan fingerprint density at radius 3 is 2.53 bits per heavy atom. The van der Waals surface area contributed by atoms with Crippen LogP contribution in [0.5, 0.6) is 0 Å². The Balaban J connectivity index is 1.89. The lowest BCUT2D eigenvalue weighted by Crippen LogP contribution is -2.14. The fourth-order valence-electron chi connectivity index (χ4n) is 1.79. The smallest absolute Gasteiger partial charge is 0.230 e. The number of nitrogens with one attached hydrogen (secondary N) is 1. The molecule has 4 nitrogen and oxygen atoms in total. The number of benzene rings is 1. The van der Waals surface area contributed by atoms with E-state index in [2.05, 4.69) is 46.7 Å². The van der Waals surface area contributed by atoms with Crippen molar-refractivity contribution < 1.29 is 4.42 Å². The van der Waals surface area contributed by atoms with Crippen molar-refractivity contribution in [3.05, 3.63) is 47.2 Å². The van der Waals surface area contributed by atoms with Gasteiger partial charge in [-0.25, -0.2) is 0 Å². The Morgan fingerprint density at radius 2 is 1.88 bits per heavy atom. The van der Waals surface area contributed by atoms with Crippen LogP contribution in [0.15, 0.2) is 28.7 Å². The van der Waals surface area contributed by atoms with Crippen LogP contribution in [0.2, 0.25) is 0 Å². The molecule has 2 aromatic rings. The van der Waals surface area contributed by atoms with Gasteiger partial charge in [-0.15, -0.1) is 10.2 Å². The summed E-state index contributed by atoms with van der Waals surface area (Å²) in [5.74, 6) is 1.24. The van der Waals surface area contributed by atoms with Gasteiger partial charge >= 0.3 is 0 Å². The van der Waals surface area contributed by atoms with Crippen LogP contribution >= 0.6 is 0 Å². The molecule has 1 aromatic carbocycles. The molecule has 0 aliphatic rings. The maximum absolute atomic E-state index is 5.29. The molecule has 1 N–H and O–H groups in total. The molecule has 0 saturated carbocycles. The van der Waals surface area contributed by atoms with Crippen LogP contribution in [-0.4, -0.2) is 10.2 Å². The van der Waals surface area contributed by atoms with Gasteiger partial charge in [0.05, 0.1) is 6.54 Å². The van der Waals surface area contributed by atoms with Crippen molar-refractivity contribution in [2.45, 2.75) is 33.4 Å². The van der Waals surface area contributed by atoms with Crippen molar-refractivity contribution in [1.29, 1.82) is 0 Å². The Hall–Kier alpha value is -1.68. The molecule has 0 aliphatic heterocycles. The normalized spacial score (nSPS) is 10.7. The van der Waals surface area contributed by atoms with Gasteiger partial charge in [0.25, 0.3) is 0 Å². The average molecular weight is 231 g/mol. The molecule has 0 radical (unpaired) electrons. The van der Waals surface area contributed by atoms with E-state index < -0.39 is 0 Å². The van der Waals surface area contributed by atoms with Gasteiger partial charge in [0, 0.05) is 13.5 Å². The fourth-order valence-corrected chi connectivity index (χ4v) is 1.79. The molecular weight excluding hydrogens is 214 g/mol. The molecule has 0 spiro atoms. The highest BCUT2D eigenvalue weighted by Crippen LogP contribution is 2.09. The minimum Gasteiger partial charge on any atom is -0.424 e. The van der Waals surface area contributed by atoms with Crippen molar-refractivity contribution in [2.24, 2.45) is 0 Å². The van der Waals surface area contributed by atoms with E-state index in [1.807, 2.05) is 0 Å². The lowest BCUT2D eigenvalue weighted by molar-refractivity contribution is 0.446. The largest absolute Gasteiger partial charge is 0.424 e. The summed E-state index contributed by atoms with van der Waals surface area (Å²) >= 11 is 0. The third kappa shape index (κ3) is 3.14. The van der Waals surface area contributed by atoms with Crippen LogP contribution in [0.1, 0.15) is 29.8 Å². The van der Waals surface area contributed by atoms with E-state index in [0.717, 1.165) is 13.0 Å². The Kier molecular flexibility index (Phi) is 3.88. The van der Waals surface area contributed by atoms with Crippen LogP contribution in [0.4, 0.5) is 0 Å². The molecule has 4 heteroatoms. The van der Waals surface area contributed by atoms with Crippen molar-refractivity contribution in [2.75, 3.05) is 0 Å². The molecule has 0 aliphatic carbocycles. The zero-order valence-corrected chi connectivity index (χ0v) is 10.2. The van der Waals surface area contributed by atoms with Gasteiger partial charge in [0.15, 0.2) is 0 Å². The number of hydrogen-bond donors (Lipinski definition) is 1. The van der Waals surface area contributed by atoms with E-state index in [0.29, 0.717) is 18.3 Å². The first-order valence-electron chi connectivity index (χ1n) is 5.86. The average Bonchev–Trinajstić information content (AvgIpc) is 2.76. The Morgan fingerprint density at radius 1 is 1.12 bits per heavy atom. The summed E-state index contributed by atoms with van der Waals surface area (Å²) in [4.78, 5) is 0. The van der Waals surface area contributed by atoms with Crippen LogP contribution in [0, 0.1) is 6.92 Å². The third-order valence-electron chi connectivity index (χ3n) is 2.66. The number of aromatic nitrogens is 2. The molecule has 1 heterocycles. The molecular formula is C13H17N3O. The molecule has 0 fully saturated rings. The van der Waals surface area contributed by atoms with Crippen LogP contribution < -0.4 is 5.32 Å². The van der Waals surface area contributed by atoms with Gasteiger partial charge in [-0.2, -0.15) is 0 Å². The summed E-state index contributed by atoms with van der Waals surface area (Å²) in [5.41, 5.74) is 2.70. The lowest BCUT2D eigenvalue weighted by atomic mass is 10.1. The van der Waals surface area contributed by atoms with Gasteiger partial charge in [-0.3, -0.25) is 0 Å². The molecule has 0 atom stereocenters. The second kappa shape index (κ2) is 5.59. The van der Waals surface area contributed by atoms with E-state index in [4.69, 9.17) is 4.42 Å². The Labute approximate surface area is 101 Å².